The van der Waals surface area contributed by atoms with E-state index in [1.807, 2.05) is 11.0 Å². The van der Waals surface area contributed by atoms with Gasteiger partial charge >= 0.3 is 12.1 Å². The van der Waals surface area contributed by atoms with Crippen LogP contribution in [0.2, 0.25) is 0 Å². The van der Waals surface area contributed by atoms with Crippen molar-refractivity contribution >= 4 is 12.1 Å². The molecule has 1 aromatic rings. The summed E-state index contributed by atoms with van der Waals surface area (Å²) in [5.74, 6) is 0.308. The zero-order valence-electron chi connectivity index (χ0n) is 20.8. The second-order valence-electron chi connectivity index (χ2n) is 9.73. The fourth-order valence-electron chi connectivity index (χ4n) is 5.35. The lowest BCUT2D eigenvalue weighted by atomic mass is 9.85. The van der Waals surface area contributed by atoms with Crippen molar-refractivity contribution in [2.75, 3.05) is 39.9 Å². The maximum Gasteiger partial charge on any atom is 0.406 e. The lowest BCUT2D eigenvalue weighted by molar-refractivity contribution is -0.00879. The van der Waals surface area contributed by atoms with Crippen LogP contribution in [0.1, 0.15) is 63.0 Å². The third kappa shape index (κ3) is 8.65. The summed E-state index contributed by atoms with van der Waals surface area (Å²) >= 11 is 0. The molecule has 1 aliphatic heterocycles. The van der Waals surface area contributed by atoms with E-state index in [2.05, 4.69) is 15.4 Å². The summed E-state index contributed by atoms with van der Waals surface area (Å²) in [7, 11) is 1.30. The van der Waals surface area contributed by atoms with E-state index >= 15 is 0 Å². The Morgan fingerprint density at radius 2 is 2.00 bits per heavy atom. The number of methoxy groups -OCH3 is 1. The molecule has 3 rings (SSSR count). The van der Waals surface area contributed by atoms with E-state index in [4.69, 9.17) is 10.5 Å². The number of likely N-dealkylation sites (tertiary alicyclic amines) is 1. The van der Waals surface area contributed by atoms with Crippen molar-refractivity contribution in [3.8, 4) is 0 Å². The first-order valence-corrected chi connectivity index (χ1v) is 12.9. The van der Waals surface area contributed by atoms with Crippen molar-refractivity contribution in [1.29, 1.82) is 0 Å². The Labute approximate surface area is 208 Å². The number of nitrogens with two attached hydrogens (primary N) is 1. The number of urea groups is 1. The summed E-state index contributed by atoms with van der Waals surface area (Å²) in [6, 6.07) is 6.27. The summed E-state index contributed by atoms with van der Waals surface area (Å²) in [4.78, 5) is 26.3. The number of alkyl carbamates (subject to hydrolysis) is 1. The van der Waals surface area contributed by atoms with Crippen molar-refractivity contribution in [2.24, 2.45) is 17.6 Å². The summed E-state index contributed by atoms with van der Waals surface area (Å²) in [5.41, 5.74) is 6.73. The van der Waals surface area contributed by atoms with Crippen LogP contribution in [0.4, 0.5) is 14.0 Å². The van der Waals surface area contributed by atoms with Gasteiger partial charge in [-0.15, -0.1) is 0 Å². The predicted octanol–water partition coefficient (Wildman–Crippen LogP) is 3.96. The van der Waals surface area contributed by atoms with Gasteiger partial charge in [0.2, 0.25) is 0 Å². The van der Waals surface area contributed by atoms with Crippen molar-refractivity contribution in [2.45, 2.75) is 63.5 Å². The zero-order chi connectivity index (χ0) is 25.0. The van der Waals surface area contributed by atoms with Crippen LogP contribution >= 0.6 is 0 Å². The third-order valence-electron chi connectivity index (χ3n) is 7.16. The molecule has 1 aliphatic carbocycles. The van der Waals surface area contributed by atoms with Crippen molar-refractivity contribution < 1.29 is 23.5 Å². The van der Waals surface area contributed by atoms with E-state index in [9.17, 15) is 14.0 Å². The normalized spacial score (nSPS) is 20.7. The van der Waals surface area contributed by atoms with Crippen LogP contribution in [0.5, 0.6) is 0 Å². The molecule has 0 radical (unpaired) electrons. The molecular formula is C26H41FN4O4. The molecule has 8 nitrogen and oxygen atoms in total. The number of halogens is 1. The Morgan fingerprint density at radius 1 is 1.20 bits per heavy atom. The summed E-state index contributed by atoms with van der Waals surface area (Å²) in [5, 5.41) is 5.76. The summed E-state index contributed by atoms with van der Waals surface area (Å²) in [6.07, 6.45) is 7.97. The van der Waals surface area contributed by atoms with Crippen LogP contribution in [-0.4, -0.2) is 63.0 Å². The molecule has 1 aromatic carbocycles. The maximum absolute atomic E-state index is 14.0. The number of rotatable bonds is 10. The Morgan fingerprint density at radius 3 is 2.71 bits per heavy atom. The molecule has 1 heterocycles. The minimum Gasteiger partial charge on any atom is -0.453 e. The highest BCUT2D eigenvalue weighted by Crippen LogP contribution is 2.33. The second-order valence-corrected chi connectivity index (χ2v) is 9.73. The number of nitrogens with zero attached hydrogens (tertiary/aromatic N) is 1. The first-order chi connectivity index (χ1) is 17.0. The molecule has 1 unspecified atom stereocenters. The lowest BCUT2D eigenvalue weighted by Crippen LogP contribution is -2.51. The van der Waals surface area contributed by atoms with Crippen LogP contribution in [0.15, 0.2) is 24.3 Å². The number of carbonyl (C=O) groups is 2. The van der Waals surface area contributed by atoms with E-state index in [0.29, 0.717) is 25.6 Å². The molecule has 9 heteroatoms. The van der Waals surface area contributed by atoms with Crippen LogP contribution in [-0.2, 0) is 9.47 Å². The molecule has 35 heavy (non-hydrogen) atoms. The summed E-state index contributed by atoms with van der Waals surface area (Å²) in [6.45, 7) is 2.13. The molecule has 3 amide bonds. The number of hydrogen-bond acceptors (Lipinski definition) is 5. The molecule has 0 spiro atoms. The molecule has 2 aliphatic rings. The number of carbonyl (C=O) groups excluding carboxylic acids is 2. The lowest BCUT2D eigenvalue weighted by Gasteiger charge is -2.38. The van der Waals surface area contributed by atoms with Gasteiger partial charge in [0.25, 0.3) is 0 Å². The number of piperidine rings is 1. The Bertz CT molecular complexity index is 805. The van der Waals surface area contributed by atoms with Crippen molar-refractivity contribution in [3.05, 3.63) is 35.6 Å². The molecule has 196 valence electrons. The van der Waals surface area contributed by atoms with Gasteiger partial charge in [-0.1, -0.05) is 44.2 Å². The van der Waals surface area contributed by atoms with E-state index < -0.39 is 12.2 Å². The van der Waals surface area contributed by atoms with E-state index in [0.717, 1.165) is 24.8 Å². The number of nitrogens with one attached hydrogen (secondary N) is 2. The topological polar surface area (TPSA) is 106 Å². The van der Waals surface area contributed by atoms with E-state index in [1.54, 1.807) is 6.07 Å². The highest BCUT2D eigenvalue weighted by molar-refractivity contribution is 5.74. The van der Waals surface area contributed by atoms with Gasteiger partial charge in [0.1, 0.15) is 5.82 Å². The van der Waals surface area contributed by atoms with Gasteiger partial charge in [-0.25, -0.2) is 14.0 Å². The molecule has 2 fully saturated rings. The van der Waals surface area contributed by atoms with Gasteiger partial charge in [-0.3, -0.25) is 0 Å². The monoisotopic (exact) mass is 492 g/mol. The van der Waals surface area contributed by atoms with E-state index in [1.165, 1.54) is 51.3 Å². The van der Waals surface area contributed by atoms with Crippen LogP contribution in [0.3, 0.4) is 0 Å². The predicted molar refractivity (Wildman–Crippen MR) is 132 cm³/mol. The number of amides is 3. The van der Waals surface area contributed by atoms with Gasteiger partial charge in [0.15, 0.2) is 0 Å². The Balaban J connectivity index is 1.60. The number of hydrogen-bond donors (Lipinski definition) is 3. The minimum absolute atomic E-state index is 0.00379. The van der Waals surface area contributed by atoms with Gasteiger partial charge in [0.05, 0.1) is 19.8 Å². The number of ether oxygens (including phenoxy) is 2. The smallest absolute Gasteiger partial charge is 0.406 e. The van der Waals surface area contributed by atoms with Gasteiger partial charge in [-0.05, 0) is 42.9 Å². The average Bonchev–Trinajstić information content (AvgIpc) is 2.88. The Kier molecular flexibility index (Phi) is 11.1. The molecule has 1 saturated heterocycles. The standard InChI is InChI=1S/C26H41FN4O4/c1-34-26(33)29-12-14-35-24(20-9-5-11-22(27)16-20)21-10-6-13-31(18-21)25(32)30-23(17-28)15-19-7-3-2-4-8-19/h5,9,11,16,19,21,23-24H,2-4,6-8,10,12-15,17-18,28H2,1H3,(H,29,33)(H,30,32)/t21-,23+,24?/m1/s1. The maximum atomic E-state index is 14.0. The highest BCUT2D eigenvalue weighted by atomic mass is 19.1. The van der Waals surface area contributed by atoms with Crippen LogP contribution in [0, 0.1) is 17.7 Å². The van der Waals surface area contributed by atoms with Gasteiger partial charge in [0, 0.05) is 38.1 Å². The first-order valence-electron chi connectivity index (χ1n) is 12.9. The fraction of sp³-hybridized carbons (Fsp3) is 0.692. The SMILES string of the molecule is COC(=O)NCCOC(c1cccc(F)c1)[C@@H]1CCCN(C(=O)N[C@H](CN)CC2CCCCC2)C1. The quantitative estimate of drug-likeness (QED) is 0.429. The highest BCUT2D eigenvalue weighted by Gasteiger charge is 2.32. The molecule has 4 N–H and O–H groups in total. The first kappa shape index (κ1) is 27.2. The molecule has 0 bridgehead atoms. The second kappa shape index (κ2) is 14.2. The van der Waals surface area contributed by atoms with Crippen molar-refractivity contribution in [3.63, 3.8) is 0 Å². The third-order valence-corrected chi connectivity index (χ3v) is 7.16. The molecule has 0 aromatic heterocycles. The van der Waals surface area contributed by atoms with Crippen LogP contribution in [0.25, 0.3) is 0 Å². The average molecular weight is 493 g/mol. The van der Waals surface area contributed by atoms with Crippen LogP contribution < -0.4 is 16.4 Å². The molecule has 3 atom stereocenters. The number of benzene rings is 1. The van der Waals surface area contributed by atoms with Gasteiger partial charge < -0.3 is 30.7 Å². The van der Waals surface area contributed by atoms with Crippen molar-refractivity contribution in [1.82, 2.24) is 15.5 Å². The fourth-order valence-corrected chi connectivity index (χ4v) is 5.35. The zero-order valence-corrected chi connectivity index (χ0v) is 20.8. The molecular weight excluding hydrogens is 451 g/mol. The van der Waals surface area contributed by atoms with E-state index in [-0.39, 0.29) is 37.0 Å². The Hall–Kier alpha value is -2.39. The molecule has 1 saturated carbocycles. The largest absolute Gasteiger partial charge is 0.453 e. The van der Waals surface area contributed by atoms with Gasteiger partial charge in [-0.2, -0.15) is 0 Å². The minimum atomic E-state index is -0.529. The summed E-state index contributed by atoms with van der Waals surface area (Å²) < 4.78 is 24.7.